The van der Waals surface area contributed by atoms with E-state index in [1.54, 1.807) is 0 Å². The van der Waals surface area contributed by atoms with Crippen molar-refractivity contribution in [1.29, 1.82) is 0 Å². The highest BCUT2D eigenvalue weighted by Gasteiger charge is 2.40. The highest BCUT2D eigenvalue weighted by Crippen LogP contribution is 2.53. The van der Waals surface area contributed by atoms with Gasteiger partial charge < -0.3 is 0 Å². The van der Waals surface area contributed by atoms with Crippen molar-refractivity contribution in [2.45, 2.75) is 12.3 Å². The van der Waals surface area contributed by atoms with Crippen molar-refractivity contribution >= 4 is 43.1 Å². The van der Waals surface area contributed by atoms with Crippen LogP contribution < -0.4 is 0 Å². The van der Waals surface area contributed by atoms with Crippen molar-refractivity contribution in [2.24, 2.45) is 0 Å². The van der Waals surface area contributed by atoms with Gasteiger partial charge in [0.1, 0.15) is 0 Å². The fraction of sp³-hybridized carbons (Fsp3) is 0.0385. The lowest BCUT2D eigenvalue weighted by Gasteiger charge is -2.28. The third-order valence-electron chi connectivity index (χ3n) is 11.9. The standard InChI is InChI=1S/C52H34/c1-52(41-12-6-3-7-13-41)48-15-9-8-14-44(48)47-31-39-21-20-38(30-40(39)32-49(47)52)33-16-18-35(19-17-33)43-27-23-37-24-28-45-42(34-10-4-2-5-11-34)26-22-36-25-29-46(43)51(37)50(36)45/h2-32H,1H3. The number of benzene rings is 10. The molecule has 242 valence electrons. The van der Waals surface area contributed by atoms with Gasteiger partial charge in [-0.25, -0.2) is 0 Å². The minimum absolute atomic E-state index is 0.206. The maximum atomic E-state index is 2.45. The normalized spacial score (nSPS) is 15.1. The van der Waals surface area contributed by atoms with Gasteiger partial charge in [-0.15, -0.1) is 0 Å². The zero-order valence-electron chi connectivity index (χ0n) is 28.9. The average Bonchev–Trinajstić information content (AvgIpc) is 3.47. The van der Waals surface area contributed by atoms with Gasteiger partial charge in [-0.3, -0.25) is 0 Å². The van der Waals surface area contributed by atoms with E-state index in [-0.39, 0.29) is 5.41 Å². The first-order valence-corrected chi connectivity index (χ1v) is 18.3. The molecule has 52 heavy (non-hydrogen) atoms. The fourth-order valence-electron chi connectivity index (χ4n) is 9.26. The van der Waals surface area contributed by atoms with Crippen molar-refractivity contribution in [3.05, 3.63) is 205 Å². The minimum Gasteiger partial charge on any atom is -0.0622 e. The smallest absolute Gasteiger partial charge is 0.0435 e. The van der Waals surface area contributed by atoms with Crippen molar-refractivity contribution in [3.8, 4) is 44.5 Å². The molecular formula is C52H34. The summed E-state index contributed by atoms with van der Waals surface area (Å²) in [6, 6.07) is 70.0. The van der Waals surface area contributed by atoms with Crippen LogP contribution in [0.5, 0.6) is 0 Å². The molecule has 0 bridgehead atoms. The van der Waals surface area contributed by atoms with Crippen molar-refractivity contribution < 1.29 is 0 Å². The molecule has 0 aliphatic heterocycles. The molecule has 0 aromatic heterocycles. The SMILES string of the molecule is CC1(c2ccccc2)c2ccccc2-c2cc3ccc(-c4ccc(-c5ccc6ccc7c(-c8ccccc8)ccc8ccc5c6c87)cc4)cc3cc21. The van der Waals surface area contributed by atoms with E-state index >= 15 is 0 Å². The predicted molar refractivity (Wildman–Crippen MR) is 221 cm³/mol. The van der Waals surface area contributed by atoms with E-state index in [2.05, 4.69) is 195 Å². The van der Waals surface area contributed by atoms with Crippen LogP contribution in [0.15, 0.2) is 188 Å². The minimum atomic E-state index is -0.206. The summed E-state index contributed by atoms with van der Waals surface area (Å²) in [6.07, 6.45) is 0. The molecule has 1 aliphatic rings. The van der Waals surface area contributed by atoms with Crippen LogP contribution in [0.2, 0.25) is 0 Å². The van der Waals surface area contributed by atoms with Gasteiger partial charge in [-0.1, -0.05) is 170 Å². The van der Waals surface area contributed by atoms with Gasteiger partial charge in [0.2, 0.25) is 0 Å². The highest BCUT2D eigenvalue weighted by molar-refractivity contribution is 6.27. The Morgan fingerprint density at radius 2 is 0.846 bits per heavy atom. The number of rotatable bonds is 4. The summed E-state index contributed by atoms with van der Waals surface area (Å²) in [5, 5.41) is 10.4. The predicted octanol–water partition coefficient (Wildman–Crippen LogP) is 14.1. The lowest BCUT2D eigenvalue weighted by Crippen LogP contribution is -2.22. The number of hydrogen-bond acceptors (Lipinski definition) is 0. The monoisotopic (exact) mass is 658 g/mol. The number of hydrogen-bond donors (Lipinski definition) is 0. The second kappa shape index (κ2) is 11.0. The summed E-state index contributed by atoms with van der Waals surface area (Å²) in [4.78, 5) is 0. The largest absolute Gasteiger partial charge is 0.0622 e. The molecule has 0 nitrogen and oxygen atoms in total. The Hall–Kier alpha value is -6.50. The number of fused-ring (bicyclic) bond motifs is 4. The molecule has 0 N–H and O–H groups in total. The molecule has 1 atom stereocenters. The molecule has 0 heteroatoms. The Bertz CT molecular complexity index is 2990. The van der Waals surface area contributed by atoms with E-state index in [0.717, 1.165) is 0 Å². The summed E-state index contributed by atoms with van der Waals surface area (Å²) in [5.74, 6) is 0. The van der Waals surface area contributed by atoms with Gasteiger partial charge in [0.15, 0.2) is 0 Å². The van der Waals surface area contributed by atoms with E-state index in [9.17, 15) is 0 Å². The van der Waals surface area contributed by atoms with E-state index in [4.69, 9.17) is 0 Å². The van der Waals surface area contributed by atoms with Crippen LogP contribution in [-0.4, -0.2) is 0 Å². The summed E-state index contributed by atoms with van der Waals surface area (Å²) < 4.78 is 0. The first-order chi connectivity index (χ1) is 25.6. The Morgan fingerprint density at radius 3 is 1.54 bits per heavy atom. The molecule has 0 amide bonds. The fourth-order valence-corrected chi connectivity index (χ4v) is 9.26. The van der Waals surface area contributed by atoms with Gasteiger partial charge >= 0.3 is 0 Å². The quantitative estimate of drug-likeness (QED) is 0.165. The maximum Gasteiger partial charge on any atom is 0.0435 e. The molecule has 1 aliphatic carbocycles. The molecule has 0 saturated heterocycles. The second-order valence-electron chi connectivity index (χ2n) is 14.6. The van der Waals surface area contributed by atoms with Crippen molar-refractivity contribution in [2.75, 3.05) is 0 Å². The van der Waals surface area contributed by atoms with Crippen LogP contribution in [0.4, 0.5) is 0 Å². The third kappa shape index (κ3) is 4.16. The Morgan fingerprint density at radius 1 is 0.308 bits per heavy atom. The molecule has 11 rings (SSSR count). The molecule has 0 saturated carbocycles. The van der Waals surface area contributed by atoms with Gasteiger partial charge in [0, 0.05) is 5.41 Å². The molecule has 10 aromatic carbocycles. The zero-order valence-corrected chi connectivity index (χ0v) is 28.9. The van der Waals surface area contributed by atoms with Crippen LogP contribution in [0.1, 0.15) is 23.6 Å². The Balaban J connectivity index is 1.00. The topological polar surface area (TPSA) is 0 Å². The average molecular weight is 659 g/mol. The lowest BCUT2D eigenvalue weighted by atomic mass is 9.74. The van der Waals surface area contributed by atoms with E-state index < -0.39 is 0 Å². The summed E-state index contributed by atoms with van der Waals surface area (Å²) in [7, 11) is 0. The Labute approximate surface area is 303 Å². The maximum absolute atomic E-state index is 2.45. The van der Waals surface area contributed by atoms with Crippen LogP contribution >= 0.6 is 0 Å². The molecule has 0 fully saturated rings. The molecule has 1 unspecified atom stereocenters. The van der Waals surface area contributed by atoms with E-state index in [1.807, 2.05) is 0 Å². The van der Waals surface area contributed by atoms with Crippen LogP contribution in [0.3, 0.4) is 0 Å². The first kappa shape index (κ1) is 29.3. The van der Waals surface area contributed by atoms with Crippen LogP contribution in [0, 0.1) is 0 Å². The summed E-state index contributed by atoms with van der Waals surface area (Å²) in [6.45, 7) is 2.39. The van der Waals surface area contributed by atoms with Crippen molar-refractivity contribution in [1.82, 2.24) is 0 Å². The molecular weight excluding hydrogens is 625 g/mol. The van der Waals surface area contributed by atoms with Crippen LogP contribution in [0.25, 0.3) is 87.6 Å². The highest BCUT2D eigenvalue weighted by atomic mass is 14.4. The molecule has 0 radical (unpaired) electrons. The zero-order chi connectivity index (χ0) is 34.4. The summed E-state index contributed by atoms with van der Waals surface area (Å²) >= 11 is 0. The molecule has 0 spiro atoms. The van der Waals surface area contributed by atoms with Gasteiger partial charge in [0.25, 0.3) is 0 Å². The van der Waals surface area contributed by atoms with Crippen molar-refractivity contribution in [3.63, 3.8) is 0 Å². The molecule has 0 heterocycles. The third-order valence-corrected chi connectivity index (χ3v) is 11.9. The van der Waals surface area contributed by atoms with E-state index in [0.29, 0.717) is 0 Å². The van der Waals surface area contributed by atoms with Gasteiger partial charge in [0.05, 0.1) is 0 Å². The van der Waals surface area contributed by atoms with E-state index in [1.165, 1.54) is 104 Å². The van der Waals surface area contributed by atoms with Crippen LogP contribution in [-0.2, 0) is 5.41 Å². The van der Waals surface area contributed by atoms with Gasteiger partial charge in [-0.05, 0) is 129 Å². The Kier molecular flexibility index (Phi) is 6.19. The summed E-state index contributed by atoms with van der Waals surface area (Å²) in [5.41, 5.74) is 14.1. The lowest BCUT2D eigenvalue weighted by molar-refractivity contribution is 0.715. The second-order valence-corrected chi connectivity index (χ2v) is 14.6. The molecule has 10 aromatic rings. The first-order valence-electron chi connectivity index (χ1n) is 18.3. The van der Waals surface area contributed by atoms with Gasteiger partial charge in [-0.2, -0.15) is 0 Å².